The Morgan fingerprint density at radius 2 is 1.83 bits per heavy atom. The molecule has 0 unspecified atom stereocenters. The first-order valence-electron chi connectivity index (χ1n) is 7.42. The minimum Gasteiger partial charge on any atom is -0.331 e. The Kier molecular flexibility index (Phi) is 4.20. The topological polar surface area (TPSA) is 76.9 Å². The third kappa shape index (κ3) is 3.22. The molecule has 3 rings (SSSR count). The number of nitrogens with zero attached hydrogens (tertiary/aromatic N) is 3. The summed E-state index contributed by atoms with van der Waals surface area (Å²) < 4.78 is 1.67. The first-order chi connectivity index (χ1) is 11.5. The van der Waals surface area contributed by atoms with Gasteiger partial charge in [0, 0.05) is 36.4 Å². The summed E-state index contributed by atoms with van der Waals surface area (Å²) in [4.78, 5) is 32.7. The van der Waals surface area contributed by atoms with E-state index < -0.39 is 0 Å². The molecule has 0 aliphatic heterocycles. The summed E-state index contributed by atoms with van der Waals surface area (Å²) >= 11 is 0. The summed E-state index contributed by atoms with van der Waals surface area (Å²) in [6, 6.07) is 12.0. The zero-order chi connectivity index (χ0) is 17.1. The van der Waals surface area contributed by atoms with Crippen LogP contribution >= 0.6 is 0 Å². The molecule has 6 heteroatoms. The van der Waals surface area contributed by atoms with Crippen molar-refractivity contribution >= 4 is 17.4 Å². The highest BCUT2D eigenvalue weighted by Crippen LogP contribution is 2.14. The van der Waals surface area contributed by atoms with Crippen molar-refractivity contribution in [3.8, 4) is 0 Å². The lowest BCUT2D eigenvalue weighted by Crippen LogP contribution is -2.14. The van der Waals surface area contributed by atoms with E-state index in [0.29, 0.717) is 22.8 Å². The average molecular weight is 320 g/mol. The number of nitrogens with one attached hydrogen (secondary N) is 1. The van der Waals surface area contributed by atoms with Gasteiger partial charge in [0.1, 0.15) is 5.69 Å². The zero-order valence-corrected chi connectivity index (χ0v) is 13.4. The minimum absolute atomic E-state index is 0.166. The van der Waals surface area contributed by atoms with E-state index in [1.165, 1.54) is 0 Å². The quantitative estimate of drug-likeness (QED) is 0.750. The molecule has 0 saturated heterocycles. The van der Waals surface area contributed by atoms with Gasteiger partial charge in [-0.1, -0.05) is 6.07 Å². The number of carbonyl (C=O) groups excluding carboxylic acids is 2. The molecule has 120 valence electrons. The van der Waals surface area contributed by atoms with Gasteiger partial charge < -0.3 is 9.88 Å². The number of carbonyl (C=O) groups is 2. The largest absolute Gasteiger partial charge is 0.331 e. The molecule has 0 fully saturated rings. The number of ketones is 1. The number of benzene rings is 1. The minimum atomic E-state index is -0.290. The van der Waals surface area contributed by atoms with Crippen LogP contribution in [0.3, 0.4) is 0 Å². The van der Waals surface area contributed by atoms with Crippen LogP contribution in [0, 0.1) is 6.92 Å². The maximum Gasteiger partial charge on any atom is 0.274 e. The number of amides is 1. The van der Waals surface area contributed by atoms with Gasteiger partial charge >= 0.3 is 0 Å². The third-order valence-corrected chi connectivity index (χ3v) is 3.55. The SMILES string of the molecule is Cc1cccc(C(=O)Nc2ccc(C(=O)c3nccn3C)cc2)n1. The second-order valence-electron chi connectivity index (χ2n) is 5.39. The Labute approximate surface area is 139 Å². The molecule has 24 heavy (non-hydrogen) atoms. The molecular formula is C18H16N4O2. The highest BCUT2D eigenvalue weighted by atomic mass is 16.2. The number of aromatic nitrogens is 3. The first-order valence-corrected chi connectivity index (χ1v) is 7.42. The number of rotatable bonds is 4. The molecule has 3 aromatic rings. The van der Waals surface area contributed by atoms with Crippen LogP contribution in [0.1, 0.15) is 32.4 Å². The number of aryl methyl sites for hydroxylation is 2. The summed E-state index contributed by atoms with van der Waals surface area (Å²) in [6.07, 6.45) is 3.30. The summed E-state index contributed by atoms with van der Waals surface area (Å²) in [5.74, 6) is -0.0849. The van der Waals surface area contributed by atoms with E-state index in [0.717, 1.165) is 5.69 Å². The number of pyridine rings is 1. The molecule has 0 aliphatic carbocycles. The van der Waals surface area contributed by atoms with E-state index in [-0.39, 0.29) is 11.7 Å². The Balaban J connectivity index is 1.74. The van der Waals surface area contributed by atoms with Crippen LogP contribution in [0.25, 0.3) is 0 Å². The lowest BCUT2D eigenvalue weighted by molar-refractivity contribution is 0.101. The second kappa shape index (κ2) is 6.45. The van der Waals surface area contributed by atoms with E-state index in [2.05, 4.69) is 15.3 Å². The van der Waals surface area contributed by atoms with Crippen LogP contribution in [0.2, 0.25) is 0 Å². The summed E-state index contributed by atoms with van der Waals surface area (Å²) in [5.41, 5.74) is 2.23. The molecule has 0 spiro atoms. The third-order valence-electron chi connectivity index (χ3n) is 3.55. The number of hydrogen-bond acceptors (Lipinski definition) is 4. The molecule has 0 aliphatic rings. The lowest BCUT2D eigenvalue weighted by Gasteiger charge is -2.06. The van der Waals surface area contributed by atoms with Crippen molar-refractivity contribution in [2.75, 3.05) is 5.32 Å². The van der Waals surface area contributed by atoms with Crippen LogP contribution in [-0.2, 0) is 7.05 Å². The summed E-state index contributed by atoms with van der Waals surface area (Å²) in [6.45, 7) is 1.83. The molecule has 1 amide bonds. The molecule has 2 heterocycles. The van der Waals surface area contributed by atoms with Gasteiger partial charge in [0.25, 0.3) is 5.91 Å². The molecule has 6 nitrogen and oxygen atoms in total. The van der Waals surface area contributed by atoms with E-state index in [1.54, 1.807) is 60.4 Å². The maximum atomic E-state index is 12.3. The number of anilines is 1. The predicted molar refractivity (Wildman–Crippen MR) is 90.0 cm³/mol. The Morgan fingerprint density at radius 3 is 2.46 bits per heavy atom. The lowest BCUT2D eigenvalue weighted by atomic mass is 10.1. The van der Waals surface area contributed by atoms with E-state index in [1.807, 2.05) is 13.0 Å². The highest BCUT2D eigenvalue weighted by Gasteiger charge is 2.14. The predicted octanol–water partition coefficient (Wildman–Crippen LogP) is 2.61. The molecule has 0 bridgehead atoms. The van der Waals surface area contributed by atoms with Gasteiger partial charge in [-0.15, -0.1) is 0 Å². The molecule has 0 saturated carbocycles. The normalized spacial score (nSPS) is 10.4. The van der Waals surface area contributed by atoms with Crippen molar-refractivity contribution in [3.05, 3.63) is 77.6 Å². The van der Waals surface area contributed by atoms with Gasteiger partial charge in [-0.3, -0.25) is 9.59 Å². The number of hydrogen-bond donors (Lipinski definition) is 1. The Bertz CT molecular complexity index is 897. The molecule has 0 radical (unpaired) electrons. The van der Waals surface area contributed by atoms with Crippen molar-refractivity contribution in [3.63, 3.8) is 0 Å². The van der Waals surface area contributed by atoms with Crippen molar-refractivity contribution in [1.82, 2.24) is 14.5 Å². The van der Waals surface area contributed by atoms with Crippen LogP contribution in [0.15, 0.2) is 54.9 Å². The van der Waals surface area contributed by atoms with Crippen LogP contribution < -0.4 is 5.32 Å². The van der Waals surface area contributed by atoms with Crippen molar-refractivity contribution in [2.45, 2.75) is 6.92 Å². The van der Waals surface area contributed by atoms with Gasteiger partial charge in [0.15, 0.2) is 5.82 Å². The fourth-order valence-electron chi connectivity index (χ4n) is 2.28. The van der Waals surface area contributed by atoms with Gasteiger partial charge in [0.05, 0.1) is 0 Å². The van der Waals surface area contributed by atoms with Crippen molar-refractivity contribution in [2.24, 2.45) is 7.05 Å². The van der Waals surface area contributed by atoms with Gasteiger partial charge in [0.2, 0.25) is 5.78 Å². The molecule has 1 aromatic carbocycles. The van der Waals surface area contributed by atoms with Gasteiger partial charge in [-0.05, 0) is 43.3 Å². The fraction of sp³-hybridized carbons (Fsp3) is 0.111. The van der Waals surface area contributed by atoms with Crippen LogP contribution in [0.5, 0.6) is 0 Å². The fourth-order valence-corrected chi connectivity index (χ4v) is 2.28. The molecule has 0 atom stereocenters. The highest BCUT2D eigenvalue weighted by molar-refractivity contribution is 6.07. The molecule has 1 N–H and O–H groups in total. The van der Waals surface area contributed by atoms with Gasteiger partial charge in [-0.2, -0.15) is 0 Å². The Morgan fingerprint density at radius 1 is 1.08 bits per heavy atom. The van der Waals surface area contributed by atoms with Crippen LogP contribution in [0.4, 0.5) is 5.69 Å². The maximum absolute atomic E-state index is 12.3. The van der Waals surface area contributed by atoms with Gasteiger partial charge in [-0.25, -0.2) is 9.97 Å². The van der Waals surface area contributed by atoms with E-state index in [4.69, 9.17) is 0 Å². The zero-order valence-electron chi connectivity index (χ0n) is 13.4. The smallest absolute Gasteiger partial charge is 0.274 e. The van der Waals surface area contributed by atoms with Crippen molar-refractivity contribution < 1.29 is 9.59 Å². The summed E-state index contributed by atoms with van der Waals surface area (Å²) in [5, 5.41) is 2.76. The molecule has 2 aromatic heterocycles. The standard InChI is InChI=1S/C18H16N4O2/c1-12-4-3-5-15(20-12)18(24)21-14-8-6-13(7-9-14)16(23)17-19-10-11-22(17)2/h3-11H,1-2H3,(H,21,24). The number of imidazole rings is 1. The molecular weight excluding hydrogens is 304 g/mol. The van der Waals surface area contributed by atoms with Crippen molar-refractivity contribution in [1.29, 1.82) is 0 Å². The summed E-state index contributed by atoms with van der Waals surface area (Å²) in [7, 11) is 1.77. The second-order valence-corrected chi connectivity index (χ2v) is 5.39. The first kappa shape index (κ1) is 15.6. The van der Waals surface area contributed by atoms with E-state index in [9.17, 15) is 9.59 Å². The average Bonchev–Trinajstić information content (AvgIpc) is 3.01. The monoisotopic (exact) mass is 320 g/mol. The Hall–Kier alpha value is -3.28. The van der Waals surface area contributed by atoms with E-state index >= 15 is 0 Å². The van der Waals surface area contributed by atoms with Crippen LogP contribution in [-0.4, -0.2) is 26.2 Å².